The fourth-order valence-corrected chi connectivity index (χ4v) is 1.70. The summed E-state index contributed by atoms with van der Waals surface area (Å²) in [6.45, 7) is 8.44. The monoisotopic (exact) mass is 217 g/mol. The van der Waals surface area contributed by atoms with Gasteiger partial charge in [0.25, 0.3) is 0 Å². The van der Waals surface area contributed by atoms with Gasteiger partial charge in [-0.1, -0.05) is 26.8 Å². The van der Waals surface area contributed by atoms with Crippen LogP contribution in [0.15, 0.2) is 18.2 Å². The highest BCUT2D eigenvalue weighted by Crippen LogP contribution is 2.29. The smallest absolute Gasteiger partial charge is 0.124 e. The van der Waals surface area contributed by atoms with Crippen LogP contribution in [-0.4, -0.2) is 9.97 Å². The lowest BCUT2D eigenvalue weighted by Crippen LogP contribution is -2.27. The molecule has 0 saturated carbocycles. The van der Waals surface area contributed by atoms with Gasteiger partial charge in [-0.25, -0.2) is 4.98 Å². The SMILES string of the molecule is Cc1ccc2nc(C(N)C(C)(C)C)[nH]c2c1. The second kappa shape index (κ2) is 3.59. The van der Waals surface area contributed by atoms with Crippen molar-refractivity contribution in [3.8, 4) is 0 Å². The first kappa shape index (κ1) is 11.1. The number of aromatic amines is 1. The van der Waals surface area contributed by atoms with Crippen molar-refractivity contribution in [1.29, 1.82) is 0 Å². The fourth-order valence-electron chi connectivity index (χ4n) is 1.70. The fraction of sp³-hybridized carbons (Fsp3) is 0.462. The summed E-state index contributed by atoms with van der Waals surface area (Å²) in [5.41, 5.74) is 9.48. The molecule has 3 N–H and O–H groups in total. The van der Waals surface area contributed by atoms with E-state index in [1.54, 1.807) is 0 Å². The van der Waals surface area contributed by atoms with Crippen LogP contribution in [0, 0.1) is 12.3 Å². The number of nitrogens with one attached hydrogen (secondary N) is 1. The summed E-state index contributed by atoms with van der Waals surface area (Å²) in [6.07, 6.45) is 0. The predicted octanol–water partition coefficient (Wildman–Crippen LogP) is 2.92. The van der Waals surface area contributed by atoms with Crippen LogP contribution in [0.5, 0.6) is 0 Å². The lowest BCUT2D eigenvalue weighted by molar-refractivity contribution is 0.317. The minimum Gasteiger partial charge on any atom is -0.341 e. The first-order valence-electron chi connectivity index (χ1n) is 5.60. The number of aromatic nitrogens is 2. The molecular weight excluding hydrogens is 198 g/mol. The third-order valence-corrected chi connectivity index (χ3v) is 2.88. The van der Waals surface area contributed by atoms with E-state index in [1.807, 2.05) is 6.07 Å². The van der Waals surface area contributed by atoms with Crippen molar-refractivity contribution in [3.63, 3.8) is 0 Å². The van der Waals surface area contributed by atoms with Crippen LogP contribution in [0.1, 0.15) is 38.2 Å². The van der Waals surface area contributed by atoms with E-state index in [0.29, 0.717) is 0 Å². The first-order chi connectivity index (χ1) is 7.38. The Kier molecular flexibility index (Phi) is 2.50. The van der Waals surface area contributed by atoms with E-state index in [0.717, 1.165) is 16.9 Å². The number of imidazole rings is 1. The number of benzene rings is 1. The van der Waals surface area contributed by atoms with Crippen LogP contribution in [0.2, 0.25) is 0 Å². The maximum absolute atomic E-state index is 6.18. The van der Waals surface area contributed by atoms with Crippen LogP contribution >= 0.6 is 0 Å². The molecule has 0 amide bonds. The summed E-state index contributed by atoms with van der Waals surface area (Å²) in [5.74, 6) is 0.869. The van der Waals surface area contributed by atoms with Crippen LogP contribution in [-0.2, 0) is 0 Å². The molecule has 0 radical (unpaired) electrons. The molecule has 0 aliphatic heterocycles. The molecule has 2 aromatic rings. The zero-order chi connectivity index (χ0) is 11.9. The second-order valence-corrected chi connectivity index (χ2v) is 5.49. The standard InChI is InChI=1S/C13H19N3/c1-8-5-6-9-10(7-8)16-12(15-9)11(14)13(2,3)4/h5-7,11H,14H2,1-4H3,(H,15,16). The summed E-state index contributed by atoms with van der Waals surface area (Å²) in [6, 6.07) is 6.12. The van der Waals surface area contributed by atoms with Crippen molar-refractivity contribution in [2.75, 3.05) is 0 Å². The van der Waals surface area contributed by atoms with Crippen molar-refractivity contribution in [1.82, 2.24) is 9.97 Å². The number of hydrogen-bond donors (Lipinski definition) is 2. The summed E-state index contributed by atoms with van der Waals surface area (Å²) in [5, 5.41) is 0. The van der Waals surface area contributed by atoms with Gasteiger partial charge in [0, 0.05) is 0 Å². The lowest BCUT2D eigenvalue weighted by Gasteiger charge is -2.24. The second-order valence-electron chi connectivity index (χ2n) is 5.49. The number of nitrogens with two attached hydrogens (primary N) is 1. The van der Waals surface area contributed by atoms with Gasteiger partial charge in [0.1, 0.15) is 5.82 Å². The zero-order valence-electron chi connectivity index (χ0n) is 10.3. The van der Waals surface area contributed by atoms with Crippen LogP contribution in [0.3, 0.4) is 0 Å². The molecule has 1 aromatic heterocycles. The van der Waals surface area contributed by atoms with E-state index >= 15 is 0 Å². The molecule has 3 heteroatoms. The number of nitrogens with zero attached hydrogens (tertiary/aromatic N) is 1. The molecule has 1 unspecified atom stereocenters. The van der Waals surface area contributed by atoms with Crippen LogP contribution in [0.25, 0.3) is 11.0 Å². The number of aryl methyl sites for hydroxylation is 1. The van der Waals surface area contributed by atoms with Crippen molar-refractivity contribution in [2.45, 2.75) is 33.7 Å². The van der Waals surface area contributed by atoms with E-state index in [1.165, 1.54) is 5.56 Å². The van der Waals surface area contributed by atoms with E-state index in [-0.39, 0.29) is 11.5 Å². The Morgan fingerprint density at radius 1 is 1.31 bits per heavy atom. The highest BCUT2D eigenvalue weighted by molar-refractivity contribution is 5.75. The Morgan fingerprint density at radius 2 is 2.00 bits per heavy atom. The molecule has 0 fully saturated rings. The van der Waals surface area contributed by atoms with Gasteiger partial charge in [0.15, 0.2) is 0 Å². The molecule has 16 heavy (non-hydrogen) atoms. The number of fused-ring (bicyclic) bond motifs is 1. The summed E-state index contributed by atoms with van der Waals surface area (Å²) in [4.78, 5) is 7.85. The normalized spacial score (nSPS) is 14.3. The Morgan fingerprint density at radius 3 is 2.62 bits per heavy atom. The van der Waals surface area contributed by atoms with E-state index in [4.69, 9.17) is 5.73 Å². The van der Waals surface area contributed by atoms with E-state index in [2.05, 4.69) is 49.8 Å². The summed E-state index contributed by atoms with van der Waals surface area (Å²) in [7, 11) is 0. The Hall–Kier alpha value is -1.35. The van der Waals surface area contributed by atoms with Gasteiger partial charge in [0.2, 0.25) is 0 Å². The highest BCUT2D eigenvalue weighted by atomic mass is 15.0. The van der Waals surface area contributed by atoms with Gasteiger partial charge in [-0.2, -0.15) is 0 Å². The molecule has 0 bridgehead atoms. The number of rotatable bonds is 1. The van der Waals surface area contributed by atoms with Crippen molar-refractivity contribution < 1.29 is 0 Å². The van der Waals surface area contributed by atoms with Crippen molar-refractivity contribution in [3.05, 3.63) is 29.6 Å². The number of H-pyrrole nitrogens is 1. The third-order valence-electron chi connectivity index (χ3n) is 2.88. The lowest BCUT2D eigenvalue weighted by atomic mass is 9.87. The van der Waals surface area contributed by atoms with Gasteiger partial charge in [-0.15, -0.1) is 0 Å². The van der Waals surface area contributed by atoms with Crippen LogP contribution in [0.4, 0.5) is 0 Å². The molecule has 1 aromatic carbocycles. The van der Waals surface area contributed by atoms with Crippen molar-refractivity contribution in [2.24, 2.45) is 11.1 Å². The molecule has 1 atom stereocenters. The summed E-state index contributed by atoms with van der Waals surface area (Å²) < 4.78 is 0. The largest absolute Gasteiger partial charge is 0.341 e. The van der Waals surface area contributed by atoms with Crippen molar-refractivity contribution >= 4 is 11.0 Å². The number of hydrogen-bond acceptors (Lipinski definition) is 2. The molecule has 0 aliphatic rings. The molecule has 1 heterocycles. The quantitative estimate of drug-likeness (QED) is 0.771. The minimum atomic E-state index is -0.0693. The Labute approximate surface area is 96.1 Å². The van der Waals surface area contributed by atoms with Gasteiger partial charge in [-0.3, -0.25) is 0 Å². The molecular formula is C13H19N3. The van der Waals surface area contributed by atoms with Gasteiger partial charge >= 0.3 is 0 Å². The predicted molar refractivity (Wildman–Crippen MR) is 67.2 cm³/mol. The van der Waals surface area contributed by atoms with Gasteiger partial charge in [-0.05, 0) is 30.0 Å². The zero-order valence-corrected chi connectivity index (χ0v) is 10.3. The Bertz CT molecular complexity index is 505. The molecule has 0 spiro atoms. The molecule has 3 nitrogen and oxygen atoms in total. The van der Waals surface area contributed by atoms with E-state index < -0.39 is 0 Å². The maximum atomic E-state index is 6.18. The highest BCUT2D eigenvalue weighted by Gasteiger charge is 2.24. The average molecular weight is 217 g/mol. The van der Waals surface area contributed by atoms with Crippen LogP contribution < -0.4 is 5.73 Å². The molecule has 86 valence electrons. The maximum Gasteiger partial charge on any atom is 0.124 e. The van der Waals surface area contributed by atoms with Gasteiger partial charge < -0.3 is 10.7 Å². The average Bonchev–Trinajstić information content (AvgIpc) is 2.57. The Balaban J connectivity index is 2.47. The minimum absolute atomic E-state index is 0.0168. The van der Waals surface area contributed by atoms with E-state index in [9.17, 15) is 0 Å². The molecule has 2 rings (SSSR count). The topological polar surface area (TPSA) is 54.7 Å². The first-order valence-corrected chi connectivity index (χ1v) is 5.60. The summed E-state index contributed by atoms with van der Waals surface area (Å²) >= 11 is 0. The van der Waals surface area contributed by atoms with Gasteiger partial charge in [0.05, 0.1) is 17.1 Å². The molecule has 0 saturated heterocycles. The molecule has 0 aliphatic carbocycles. The third kappa shape index (κ3) is 1.95.